The summed E-state index contributed by atoms with van der Waals surface area (Å²) < 4.78 is 5.11. The van der Waals surface area contributed by atoms with E-state index >= 15 is 0 Å². The van der Waals surface area contributed by atoms with E-state index in [9.17, 15) is 9.59 Å². The molecule has 22 heavy (non-hydrogen) atoms. The van der Waals surface area contributed by atoms with Crippen LogP contribution < -0.4 is 10.1 Å². The summed E-state index contributed by atoms with van der Waals surface area (Å²) in [5.41, 5.74) is 0.687. The average Bonchev–Trinajstić information content (AvgIpc) is 2.46. The van der Waals surface area contributed by atoms with Gasteiger partial charge in [0.05, 0.1) is 7.11 Å². The van der Waals surface area contributed by atoms with Gasteiger partial charge < -0.3 is 19.9 Å². The van der Waals surface area contributed by atoms with Gasteiger partial charge in [-0.15, -0.1) is 0 Å². The lowest BCUT2D eigenvalue weighted by molar-refractivity contribution is -0.129. The lowest BCUT2D eigenvalue weighted by atomic mass is 10.2. The minimum Gasteiger partial charge on any atom is -0.497 e. The van der Waals surface area contributed by atoms with Crippen molar-refractivity contribution in [3.63, 3.8) is 0 Å². The molecule has 0 radical (unpaired) electrons. The molecule has 0 heterocycles. The molecule has 0 atom stereocenters. The van der Waals surface area contributed by atoms with Gasteiger partial charge in [-0.1, -0.05) is 6.07 Å². The Bertz CT molecular complexity index is 503. The van der Waals surface area contributed by atoms with Gasteiger partial charge in [-0.25, -0.2) is 0 Å². The second-order valence-electron chi connectivity index (χ2n) is 5.34. The predicted octanol–water partition coefficient (Wildman–Crippen LogP) is 1.43. The minimum absolute atomic E-state index is 0.0176. The number of nitrogens with zero attached hydrogens (tertiary/aromatic N) is 2. The smallest absolute Gasteiger partial charge is 0.226 e. The van der Waals surface area contributed by atoms with Crippen molar-refractivity contribution >= 4 is 17.5 Å². The van der Waals surface area contributed by atoms with E-state index in [1.807, 2.05) is 31.1 Å². The molecule has 1 rings (SSSR count). The van der Waals surface area contributed by atoms with E-state index in [0.29, 0.717) is 24.5 Å². The van der Waals surface area contributed by atoms with Gasteiger partial charge in [-0.05, 0) is 26.2 Å². The number of likely N-dealkylation sites (N-methyl/N-ethyl adjacent to an activating group) is 1. The molecule has 0 aliphatic rings. The number of ether oxygens (including phenoxy) is 1. The van der Waals surface area contributed by atoms with E-state index in [0.717, 1.165) is 6.54 Å². The summed E-state index contributed by atoms with van der Waals surface area (Å²) in [7, 11) is 5.48. The molecule has 1 N–H and O–H groups in total. The fourth-order valence-electron chi connectivity index (χ4n) is 1.91. The normalized spacial score (nSPS) is 10.4. The van der Waals surface area contributed by atoms with Crippen molar-refractivity contribution in [2.75, 3.05) is 46.2 Å². The van der Waals surface area contributed by atoms with Gasteiger partial charge in [0.15, 0.2) is 0 Å². The first-order chi connectivity index (χ1) is 10.4. The Morgan fingerprint density at radius 3 is 2.50 bits per heavy atom. The number of amides is 2. The van der Waals surface area contributed by atoms with Crippen molar-refractivity contribution in [3.05, 3.63) is 24.3 Å². The van der Waals surface area contributed by atoms with Crippen LogP contribution in [0, 0.1) is 0 Å². The maximum absolute atomic E-state index is 12.0. The SMILES string of the molecule is COc1cccc(NC(=O)CCN(CCN(C)C)C(C)=O)c1. The monoisotopic (exact) mass is 307 g/mol. The molecule has 0 spiro atoms. The van der Waals surface area contributed by atoms with Crippen LogP contribution in [0.1, 0.15) is 13.3 Å². The van der Waals surface area contributed by atoms with Gasteiger partial charge in [-0.2, -0.15) is 0 Å². The first kappa shape index (κ1) is 18.0. The van der Waals surface area contributed by atoms with Gasteiger partial charge in [0, 0.05) is 44.7 Å². The highest BCUT2D eigenvalue weighted by molar-refractivity contribution is 5.91. The largest absolute Gasteiger partial charge is 0.497 e. The zero-order chi connectivity index (χ0) is 16.5. The molecule has 0 saturated heterocycles. The van der Waals surface area contributed by atoms with Gasteiger partial charge in [0.2, 0.25) is 11.8 Å². The standard InChI is InChI=1S/C16H25N3O3/c1-13(20)19(11-10-18(2)3)9-8-16(21)17-14-6-5-7-15(12-14)22-4/h5-7,12H,8-11H2,1-4H3,(H,17,21). The van der Waals surface area contributed by atoms with Crippen molar-refractivity contribution < 1.29 is 14.3 Å². The van der Waals surface area contributed by atoms with E-state index in [1.165, 1.54) is 6.92 Å². The van der Waals surface area contributed by atoms with Crippen LogP contribution in [0.3, 0.4) is 0 Å². The maximum Gasteiger partial charge on any atom is 0.226 e. The number of benzene rings is 1. The first-order valence-electron chi connectivity index (χ1n) is 7.26. The van der Waals surface area contributed by atoms with E-state index < -0.39 is 0 Å². The summed E-state index contributed by atoms with van der Waals surface area (Å²) in [5.74, 6) is 0.550. The molecule has 0 unspecified atom stereocenters. The summed E-state index contributed by atoms with van der Waals surface area (Å²) in [6.07, 6.45) is 0.268. The zero-order valence-electron chi connectivity index (χ0n) is 13.8. The number of carbonyl (C=O) groups excluding carboxylic acids is 2. The highest BCUT2D eigenvalue weighted by atomic mass is 16.5. The lowest BCUT2D eigenvalue weighted by Gasteiger charge is -2.22. The zero-order valence-corrected chi connectivity index (χ0v) is 13.8. The molecular weight excluding hydrogens is 282 g/mol. The Morgan fingerprint density at radius 1 is 1.18 bits per heavy atom. The molecule has 6 nitrogen and oxygen atoms in total. The van der Waals surface area contributed by atoms with Crippen LogP contribution in [0.5, 0.6) is 5.75 Å². The molecule has 6 heteroatoms. The maximum atomic E-state index is 12.0. The van der Waals surface area contributed by atoms with E-state index in [2.05, 4.69) is 5.32 Å². The number of carbonyl (C=O) groups is 2. The third-order valence-electron chi connectivity index (χ3n) is 3.22. The van der Waals surface area contributed by atoms with Crippen LogP contribution in [-0.4, -0.2) is 62.5 Å². The predicted molar refractivity (Wildman–Crippen MR) is 87.0 cm³/mol. The molecule has 0 bridgehead atoms. The highest BCUT2D eigenvalue weighted by Gasteiger charge is 2.11. The van der Waals surface area contributed by atoms with Gasteiger partial charge >= 0.3 is 0 Å². The van der Waals surface area contributed by atoms with Crippen molar-refractivity contribution in [3.8, 4) is 5.75 Å². The number of hydrogen-bond donors (Lipinski definition) is 1. The fourth-order valence-corrected chi connectivity index (χ4v) is 1.91. The molecule has 0 fully saturated rings. The quantitative estimate of drug-likeness (QED) is 0.789. The van der Waals surface area contributed by atoms with E-state index in [4.69, 9.17) is 4.74 Å². The van der Waals surface area contributed by atoms with Crippen molar-refractivity contribution in [1.82, 2.24) is 9.80 Å². The first-order valence-corrected chi connectivity index (χ1v) is 7.26. The summed E-state index contributed by atoms with van der Waals surface area (Å²) in [6.45, 7) is 3.33. The summed E-state index contributed by atoms with van der Waals surface area (Å²) in [6, 6.07) is 7.18. The summed E-state index contributed by atoms with van der Waals surface area (Å²) in [5, 5.41) is 2.81. The van der Waals surface area contributed by atoms with Gasteiger partial charge in [-0.3, -0.25) is 9.59 Å². The Labute approximate surface area is 132 Å². The molecule has 0 saturated carbocycles. The van der Waals surface area contributed by atoms with Crippen molar-refractivity contribution in [2.45, 2.75) is 13.3 Å². The second-order valence-corrected chi connectivity index (χ2v) is 5.34. The van der Waals surface area contributed by atoms with E-state index in [1.54, 1.807) is 24.1 Å². The lowest BCUT2D eigenvalue weighted by Crippen LogP contribution is -2.37. The summed E-state index contributed by atoms with van der Waals surface area (Å²) >= 11 is 0. The molecule has 1 aromatic rings. The Kier molecular flexibility index (Phi) is 7.39. The molecule has 1 aromatic carbocycles. The average molecular weight is 307 g/mol. The third kappa shape index (κ3) is 6.58. The second kappa shape index (κ2) is 9.04. The topological polar surface area (TPSA) is 61.9 Å². The molecule has 0 aliphatic carbocycles. The van der Waals surface area contributed by atoms with Crippen LogP contribution in [0.2, 0.25) is 0 Å². The minimum atomic E-state index is -0.121. The molecule has 122 valence electrons. The number of methoxy groups -OCH3 is 1. The van der Waals surface area contributed by atoms with E-state index in [-0.39, 0.29) is 18.2 Å². The number of rotatable bonds is 8. The molecule has 0 aromatic heterocycles. The van der Waals surface area contributed by atoms with Crippen LogP contribution >= 0.6 is 0 Å². The Morgan fingerprint density at radius 2 is 1.91 bits per heavy atom. The van der Waals surface area contributed by atoms with Crippen LogP contribution in [0.25, 0.3) is 0 Å². The number of hydrogen-bond acceptors (Lipinski definition) is 4. The molecule has 2 amide bonds. The number of anilines is 1. The van der Waals surface area contributed by atoms with Crippen LogP contribution in [-0.2, 0) is 9.59 Å². The third-order valence-corrected chi connectivity index (χ3v) is 3.22. The Balaban J connectivity index is 2.47. The van der Waals surface area contributed by atoms with Crippen molar-refractivity contribution in [1.29, 1.82) is 0 Å². The summed E-state index contributed by atoms with van der Waals surface area (Å²) in [4.78, 5) is 27.2. The van der Waals surface area contributed by atoms with Crippen LogP contribution in [0.15, 0.2) is 24.3 Å². The molecular formula is C16H25N3O3. The number of nitrogens with one attached hydrogen (secondary N) is 1. The van der Waals surface area contributed by atoms with Gasteiger partial charge in [0.1, 0.15) is 5.75 Å². The van der Waals surface area contributed by atoms with Crippen LogP contribution in [0.4, 0.5) is 5.69 Å². The fraction of sp³-hybridized carbons (Fsp3) is 0.500. The molecule has 0 aliphatic heterocycles. The highest BCUT2D eigenvalue weighted by Crippen LogP contribution is 2.16. The Hall–Kier alpha value is -2.08. The van der Waals surface area contributed by atoms with Gasteiger partial charge in [0.25, 0.3) is 0 Å². The van der Waals surface area contributed by atoms with Crippen molar-refractivity contribution in [2.24, 2.45) is 0 Å².